The molecule has 25 heavy (non-hydrogen) atoms. The number of carbonyl (C=O) groups excluding carboxylic acids is 1. The van der Waals surface area contributed by atoms with Gasteiger partial charge in [-0.2, -0.15) is 0 Å². The normalized spacial score (nSPS) is 11.6. The molecule has 0 bridgehead atoms. The lowest BCUT2D eigenvalue weighted by Gasteiger charge is -2.14. The molecule has 0 N–H and O–H groups in total. The molecule has 0 aliphatic carbocycles. The Labute approximate surface area is 148 Å². The van der Waals surface area contributed by atoms with E-state index in [0.29, 0.717) is 34.5 Å². The Hall–Kier alpha value is -2.69. The van der Waals surface area contributed by atoms with Crippen molar-refractivity contribution in [2.75, 3.05) is 21.3 Å². The first-order chi connectivity index (χ1) is 12.0. The number of carbonyl (C=O) groups is 1. The van der Waals surface area contributed by atoms with Crippen LogP contribution in [0.2, 0.25) is 0 Å². The van der Waals surface area contributed by atoms with Crippen LogP contribution in [0.3, 0.4) is 0 Å². The predicted molar refractivity (Wildman–Crippen MR) is 96.2 cm³/mol. The molecule has 0 saturated carbocycles. The summed E-state index contributed by atoms with van der Waals surface area (Å²) in [4.78, 5) is 12.5. The minimum atomic E-state index is -0.490. The highest BCUT2D eigenvalue weighted by Gasteiger charge is 2.18. The zero-order chi connectivity index (χ0) is 18.4. The largest absolute Gasteiger partial charge is 0.493 e. The third-order valence-corrected chi connectivity index (χ3v) is 4.17. The van der Waals surface area contributed by atoms with Gasteiger partial charge in [0.25, 0.3) is 0 Å². The number of hydrogen-bond donors (Lipinski definition) is 0. The lowest BCUT2D eigenvalue weighted by Crippen LogP contribution is -2.09. The fourth-order valence-electron chi connectivity index (χ4n) is 2.47. The fourth-order valence-corrected chi connectivity index (χ4v) is 2.47. The summed E-state index contributed by atoms with van der Waals surface area (Å²) in [5.41, 5.74) is 1.54. The topological polar surface area (TPSA) is 54.0 Å². The summed E-state index contributed by atoms with van der Waals surface area (Å²) in [5.74, 6) is 1.71. The molecule has 5 heteroatoms. The van der Waals surface area contributed by atoms with Crippen molar-refractivity contribution in [1.29, 1.82) is 0 Å². The van der Waals surface area contributed by atoms with Crippen molar-refractivity contribution in [2.45, 2.75) is 26.2 Å². The van der Waals surface area contributed by atoms with Crippen LogP contribution in [0.1, 0.15) is 42.1 Å². The Kier molecular flexibility index (Phi) is 6.28. The monoisotopic (exact) mass is 344 g/mol. The summed E-state index contributed by atoms with van der Waals surface area (Å²) >= 11 is 0. The highest BCUT2D eigenvalue weighted by molar-refractivity contribution is 5.92. The summed E-state index contributed by atoms with van der Waals surface area (Å²) in [5, 5.41) is 0. The molecule has 0 aliphatic heterocycles. The maximum Gasteiger partial charge on any atom is 0.343 e. The van der Waals surface area contributed by atoms with Crippen LogP contribution in [-0.2, 0) is 0 Å². The zero-order valence-corrected chi connectivity index (χ0v) is 15.3. The Balaban J connectivity index is 2.23. The fraction of sp³-hybridized carbons (Fsp3) is 0.350. The second-order valence-electron chi connectivity index (χ2n) is 5.68. The van der Waals surface area contributed by atoms with E-state index in [1.165, 1.54) is 26.9 Å². The van der Waals surface area contributed by atoms with Crippen LogP contribution in [0.5, 0.6) is 23.0 Å². The molecule has 0 saturated heterocycles. The SMILES string of the molecule is CCC(C)c1ccc(OC(=O)c2cc(OC)c(OC)c(OC)c2)cc1. The van der Waals surface area contributed by atoms with Gasteiger partial charge in [0.1, 0.15) is 5.75 Å². The van der Waals surface area contributed by atoms with E-state index in [9.17, 15) is 4.79 Å². The van der Waals surface area contributed by atoms with Crippen LogP contribution in [0.25, 0.3) is 0 Å². The van der Waals surface area contributed by atoms with E-state index in [1.54, 1.807) is 24.3 Å². The van der Waals surface area contributed by atoms with Gasteiger partial charge in [-0.25, -0.2) is 4.79 Å². The third kappa shape index (κ3) is 4.24. The molecule has 0 fully saturated rings. The van der Waals surface area contributed by atoms with Crippen LogP contribution in [0.4, 0.5) is 0 Å². The molecule has 2 rings (SSSR count). The molecule has 1 unspecified atom stereocenters. The van der Waals surface area contributed by atoms with Crippen molar-refractivity contribution in [2.24, 2.45) is 0 Å². The molecule has 134 valence electrons. The molecular weight excluding hydrogens is 320 g/mol. The lowest BCUT2D eigenvalue weighted by molar-refractivity contribution is 0.0734. The summed E-state index contributed by atoms with van der Waals surface area (Å²) in [6.45, 7) is 4.31. The average molecular weight is 344 g/mol. The van der Waals surface area contributed by atoms with Crippen LogP contribution >= 0.6 is 0 Å². The molecule has 2 aromatic carbocycles. The summed E-state index contributed by atoms with van der Waals surface area (Å²) in [7, 11) is 4.51. The van der Waals surface area contributed by atoms with Gasteiger partial charge >= 0.3 is 5.97 Å². The molecule has 5 nitrogen and oxygen atoms in total. The molecule has 2 aromatic rings. The Morgan fingerprint density at radius 3 is 1.96 bits per heavy atom. The van der Waals surface area contributed by atoms with Crippen LogP contribution in [0.15, 0.2) is 36.4 Å². The Morgan fingerprint density at radius 2 is 1.52 bits per heavy atom. The average Bonchev–Trinajstić information content (AvgIpc) is 2.66. The van der Waals surface area contributed by atoms with Crippen molar-refractivity contribution in [3.63, 3.8) is 0 Å². The van der Waals surface area contributed by atoms with E-state index in [1.807, 2.05) is 12.1 Å². The van der Waals surface area contributed by atoms with Crippen LogP contribution < -0.4 is 18.9 Å². The van der Waals surface area contributed by atoms with E-state index in [4.69, 9.17) is 18.9 Å². The van der Waals surface area contributed by atoms with Crippen molar-refractivity contribution in [1.82, 2.24) is 0 Å². The molecule has 0 amide bonds. The van der Waals surface area contributed by atoms with Gasteiger partial charge in [-0.05, 0) is 42.2 Å². The summed E-state index contributed by atoms with van der Waals surface area (Å²) in [6, 6.07) is 10.7. The second-order valence-corrected chi connectivity index (χ2v) is 5.68. The van der Waals surface area contributed by atoms with Gasteiger partial charge in [-0.15, -0.1) is 0 Å². The first-order valence-electron chi connectivity index (χ1n) is 8.16. The summed E-state index contributed by atoms with van der Waals surface area (Å²) < 4.78 is 21.2. The van der Waals surface area contributed by atoms with Gasteiger partial charge < -0.3 is 18.9 Å². The number of benzene rings is 2. The maximum absolute atomic E-state index is 12.5. The molecule has 0 spiro atoms. The van der Waals surface area contributed by atoms with Crippen molar-refractivity contribution in [3.8, 4) is 23.0 Å². The molecule has 0 aromatic heterocycles. The number of hydrogen-bond acceptors (Lipinski definition) is 5. The smallest absolute Gasteiger partial charge is 0.343 e. The van der Waals surface area contributed by atoms with Gasteiger partial charge in [0.15, 0.2) is 11.5 Å². The highest BCUT2D eigenvalue weighted by Crippen LogP contribution is 2.38. The van der Waals surface area contributed by atoms with Gasteiger partial charge in [0.2, 0.25) is 5.75 Å². The second kappa shape index (κ2) is 8.42. The molecule has 1 atom stereocenters. The first kappa shape index (κ1) is 18.6. The van der Waals surface area contributed by atoms with Gasteiger partial charge in [0, 0.05) is 0 Å². The van der Waals surface area contributed by atoms with Gasteiger partial charge in [-0.3, -0.25) is 0 Å². The third-order valence-electron chi connectivity index (χ3n) is 4.17. The van der Waals surface area contributed by atoms with E-state index >= 15 is 0 Å². The number of rotatable bonds is 7. The van der Waals surface area contributed by atoms with Crippen LogP contribution in [0, 0.1) is 0 Å². The number of methoxy groups -OCH3 is 3. The van der Waals surface area contributed by atoms with E-state index in [0.717, 1.165) is 6.42 Å². The standard InChI is InChI=1S/C20H24O5/c1-6-13(2)14-7-9-16(10-8-14)25-20(21)15-11-17(22-3)19(24-5)18(12-15)23-4/h7-13H,6H2,1-5H3. The predicted octanol–water partition coefficient (Wildman–Crippen LogP) is 4.45. The first-order valence-corrected chi connectivity index (χ1v) is 8.16. The van der Waals surface area contributed by atoms with E-state index in [2.05, 4.69) is 13.8 Å². The highest BCUT2D eigenvalue weighted by atomic mass is 16.5. The zero-order valence-electron chi connectivity index (χ0n) is 15.3. The van der Waals surface area contributed by atoms with E-state index < -0.39 is 5.97 Å². The van der Waals surface area contributed by atoms with Crippen molar-refractivity contribution in [3.05, 3.63) is 47.5 Å². The Morgan fingerprint density at radius 1 is 0.960 bits per heavy atom. The molecule has 0 radical (unpaired) electrons. The van der Waals surface area contributed by atoms with Crippen molar-refractivity contribution >= 4 is 5.97 Å². The minimum absolute atomic E-state index is 0.320. The lowest BCUT2D eigenvalue weighted by atomic mass is 9.99. The molecular formula is C20H24O5. The minimum Gasteiger partial charge on any atom is -0.493 e. The van der Waals surface area contributed by atoms with Crippen LogP contribution in [-0.4, -0.2) is 27.3 Å². The van der Waals surface area contributed by atoms with Crippen molar-refractivity contribution < 1.29 is 23.7 Å². The van der Waals surface area contributed by atoms with E-state index in [-0.39, 0.29) is 0 Å². The van der Waals surface area contributed by atoms with Gasteiger partial charge in [-0.1, -0.05) is 26.0 Å². The Bertz CT molecular complexity index is 696. The summed E-state index contributed by atoms with van der Waals surface area (Å²) in [6.07, 6.45) is 1.06. The number of ether oxygens (including phenoxy) is 4. The molecule has 0 heterocycles. The number of esters is 1. The quantitative estimate of drug-likeness (QED) is 0.549. The maximum atomic E-state index is 12.5. The van der Waals surface area contributed by atoms with Gasteiger partial charge in [0.05, 0.1) is 26.9 Å². The molecule has 0 aliphatic rings.